The molecule has 110 valence electrons. The maximum absolute atomic E-state index is 12.0. The van der Waals surface area contributed by atoms with E-state index < -0.39 is 0 Å². The van der Waals surface area contributed by atoms with Gasteiger partial charge in [-0.25, -0.2) is 4.79 Å². The number of carbonyl (C=O) groups is 1. The fourth-order valence-corrected chi connectivity index (χ4v) is 3.02. The van der Waals surface area contributed by atoms with E-state index >= 15 is 0 Å². The highest BCUT2D eigenvalue weighted by Gasteiger charge is 2.37. The van der Waals surface area contributed by atoms with Crippen molar-refractivity contribution in [2.45, 2.75) is 44.0 Å². The molecule has 3 nitrogen and oxygen atoms in total. The number of carbonyl (C=O) groups excluding carboxylic acids is 1. The Morgan fingerprint density at radius 3 is 2.70 bits per heavy atom. The molecule has 0 N–H and O–H groups in total. The van der Waals surface area contributed by atoms with Crippen LogP contribution in [-0.4, -0.2) is 25.0 Å². The van der Waals surface area contributed by atoms with Crippen molar-refractivity contribution in [2.75, 3.05) is 17.8 Å². The van der Waals surface area contributed by atoms with Gasteiger partial charge in [-0.3, -0.25) is 4.90 Å². The summed E-state index contributed by atoms with van der Waals surface area (Å²) >= 11 is 1.70. The van der Waals surface area contributed by atoms with Gasteiger partial charge in [0, 0.05) is 10.6 Å². The van der Waals surface area contributed by atoms with E-state index in [1.165, 1.54) is 17.7 Å². The van der Waals surface area contributed by atoms with Crippen LogP contribution in [0.5, 0.6) is 0 Å². The maximum Gasteiger partial charge on any atom is 0.414 e. The summed E-state index contributed by atoms with van der Waals surface area (Å²) < 4.78 is 5.27. The number of nitrogens with zero attached hydrogens (tertiary/aromatic N) is 1. The molecule has 1 aromatic carbocycles. The van der Waals surface area contributed by atoms with Crippen LogP contribution in [0.4, 0.5) is 10.5 Å². The second-order valence-electron chi connectivity index (χ2n) is 5.33. The predicted molar refractivity (Wildman–Crippen MR) is 84.5 cm³/mol. The highest BCUT2D eigenvalue weighted by molar-refractivity contribution is 7.98. The largest absolute Gasteiger partial charge is 0.447 e. The Bertz CT molecular complexity index is 446. The van der Waals surface area contributed by atoms with Gasteiger partial charge in [0.25, 0.3) is 0 Å². The Morgan fingerprint density at radius 1 is 1.40 bits per heavy atom. The third-order valence-electron chi connectivity index (χ3n) is 3.93. The first kappa shape index (κ1) is 15.2. The number of rotatable bonds is 6. The molecule has 0 radical (unpaired) electrons. The van der Waals surface area contributed by atoms with Crippen LogP contribution in [0.25, 0.3) is 0 Å². The van der Waals surface area contributed by atoms with Crippen LogP contribution in [0, 0.1) is 5.92 Å². The molecule has 2 rings (SSSR count). The summed E-state index contributed by atoms with van der Waals surface area (Å²) in [4.78, 5) is 15.0. The van der Waals surface area contributed by atoms with Crippen LogP contribution in [0.3, 0.4) is 0 Å². The molecular weight excluding hydrogens is 270 g/mol. The molecule has 0 aliphatic carbocycles. The standard InChI is InChI=1S/C16H23NO2S/c1-4-5-6-12(2)15-11-19-16(18)17(15)13-7-9-14(20-3)10-8-13/h7-10,12,15H,4-6,11H2,1-3H3. The van der Waals surface area contributed by atoms with Gasteiger partial charge in [0.2, 0.25) is 0 Å². The molecule has 4 heteroatoms. The second-order valence-corrected chi connectivity index (χ2v) is 6.21. The average Bonchev–Trinajstić information content (AvgIpc) is 2.86. The average molecular weight is 293 g/mol. The zero-order valence-electron chi connectivity index (χ0n) is 12.5. The Balaban J connectivity index is 2.14. The van der Waals surface area contributed by atoms with E-state index in [9.17, 15) is 4.79 Å². The van der Waals surface area contributed by atoms with Crippen molar-refractivity contribution in [2.24, 2.45) is 5.92 Å². The maximum atomic E-state index is 12.0. The van der Waals surface area contributed by atoms with E-state index in [2.05, 4.69) is 32.2 Å². The number of ether oxygens (including phenoxy) is 1. The number of thioether (sulfide) groups is 1. The molecule has 0 spiro atoms. The minimum absolute atomic E-state index is 0.161. The monoisotopic (exact) mass is 293 g/mol. The van der Waals surface area contributed by atoms with Crippen LogP contribution < -0.4 is 4.90 Å². The van der Waals surface area contributed by atoms with Gasteiger partial charge in [0.1, 0.15) is 6.61 Å². The highest BCUT2D eigenvalue weighted by atomic mass is 32.2. The summed E-state index contributed by atoms with van der Waals surface area (Å²) in [6.07, 6.45) is 5.36. The fraction of sp³-hybridized carbons (Fsp3) is 0.562. The van der Waals surface area contributed by atoms with Crippen molar-refractivity contribution < 1.29 is 9.53 Å². The Morgan fingerprint density at radius 2 is 2.10 bits per heavy atom. The zero-order chi connectivity index (χ0) is 14.5. The number of anilines is 1. The normalized spacial score (nSPS) is 20.1. The minimum Gasteiger partial charge on any atom is -0.447 e. The lowest BCUT2D eigenvalue weighted by Gasteiger charge is -2.26. The summed E-state index contributed by atoms with van der Waals surface area (Å²) in [5.74, 6) is 0.460. The Labute approximate surface area is 125 Å². The van der Waals surface area contributed by atoms with E-state index in [-0.39, 0.29) is 12.1 Å². The molecule has 1 heterocycles. The first-order valence-electron chi connectivity index (χ1n) is 7.27. The molecule has 0 saturated carbocycles. The molecule has 1 aliphatic heterocycles. The zero-order valence-corrected chi connectivity index (χ0v) is 13.3. The molecule has 1 saturated heterocycles. The van der Waals surface area contributed by atoms with Crippen LogP contribution in [-0.2, 0) is 4.74 Å². The second kappa shape index (κ2) is 7.02. The number of unbranched alkanes of at least 4 members (excludes halogenated alkanes) is 1. The molecular formula is C16H23NO2S. The van der Waals surface area contributed by atoms with Gasteiger partial charge in [0.15, 0.2) is 0 Å². The van der Waals surface area contributed by atoms with Crippen LogP contribution in [0.1, 0.15) is 33.1 Å². The van der Waals surface area contributed by atoms with Crippen LogP contribution in [0.2, 0.25) is 0 Å². The molecule has 2 atom stereocenters. The fourth-order valence-electron chi connectivity index (χ4n) is 2.61. The van der Waals surface area contributed by atoms with Crippen molar-refractivity contribution in [3.8, 4) is 0 Å². The Hall–Kier alpha value is -1.16. The lowest BCUT2D eigenvalue weighted by Crippen LogP contribution is -2.38. The van der Waals surface area contributed by atoms with E-state index in [1.54, 1.807) is 11.8 Å². The summed E-state index contributed by atoms with van der Waals surface area (Å²) in [6.45, 7) is 4.92. The van der Waals surface area contributed by atoms with Crippen molar-refractivity contribution in [1.29, 1.82) is 0 Å². The van der Waals surface area contributed by atoms with Gasteiger partial charge in [-0.2, -0.15) is 0 Å². The number of hydrogen-bond donors (Lipinski definition) is 0. The quantitative estimate of drug-likeness (QED) is 0.720. The number of cyclic esters (lactones) is 1. The third kappa shape index (κ3) is 3.29. The summed E-state index contributed by atoms with van der Waals surface area (Å²) in [7, 11) is 0. The SMILES string of the molecule is CCCCC(C)C1COC(=O)N1c1ccc(SC)cc1. The lowest BCUT2D eigenvalue weighted by atomic mass is 9.95. The summed E-state index contributed by atoms with van der Waals surface area (Å²) in [6, 6.07) is 8.29. The van der Waals surface area contributed by atoms with E-state index in [0.717, 1.165) is 12.1 Å². The van der Waals surface area contributed by atoms with Gasteiger partial charge in [0.05, 0.1) is 6.04 Å². The Kier molecular flexibility index (Phi) is 5.35. The van der Waals surface area contributed by atoms with Crippen LogP contribution in [0.15, 0.2) is 29.2 Å². The topological polar surface area (TPSA) is 29.5 Å². The van der Waals surface area contributed by atoms with Gasteiger partial charge in [-0.15, -0.1) is 11.8 Å². The summed E-state index contributed by atoms with van der Waals surface area (Å²) in [5, 5.41) is 0. The van der Waals surface area contributed by atoms with Crippen LogP contribution >= 0.6 is 11.8 Å². The van der Waals surface area contributed by atoms with Crippen molar-refractivity contribution in [3.63, 3.8) is 0 Å². The van der Waals surface area contributed by atoms with Crippen molar-refractivity contribution >= 4 is 23.5 Å². The van der Waals surface area contributed by atoms with Crippen molar-refractivity contribution in [1.82, 2.24) is 0 Å². The van der Waals surface area contributed by atoms with Gasteiger partial charge in [-0.1, -0.05) is 26.7 Å². The number of benzene rings is 1. The molecule has 1 aliphatic rings. The summed E-state index contributed by atoms with van der Waals surface area (Å²) in [5.41, 5.74) is 0.943. The third-order valence-corrected chi connectivity index (χ3v) is 4.67. The molecule has 0 bridgehead atoms. The smallest absolute Gasteiger partial charge is 0.414 e. The lowest BCUT2D eigenvalue weighted by molar-refractivity contribution is 0.176. The van der Waals surface area contributed by atoms with Crippen molar-refractivity contribution in [3.05, 3.63) is 24.3 Å². The predicted octanol–water partition coefficient (Wildman–Crippen LogP) is 4.56. The van der Waals surface area contributed by atoms with Gasteiger partial charge in [-0.05, 0) is 42.9 Å². The first-order valence-corrected chi connectivity index (χ1v) is 8.50. The highest BCUT2D eigenvalue weighted by Crippen LogP contribution is 2.30. The van der Waals surface area contributed by atoms with E-state index in [1.807, 2.05) is 17.0 Å². The van der Waals surface area contributed by atoms with Gasteiger partial charge < -0.3 is 4.74 Å². The first-order chi connectivity index (χ1) is 9.67. The molecule has 1 aromatic rings. The molecule has 0 aromatic heterocycles. The molecule has 1 amide bonds. The number of amides is 1. The molecule has 1 fully saturated rings. The van der Waals surface area contributed by atoms with Gasteiger partial charge >= 0.3 is 6.09 Å². The molecule has 20 heavy (non-hydrogen) atoms. The number of hydrogen-bond acceptors (Lipinski definition) is 3. The minimum atomic E-state index is -0.213. The van der Waals surface area contributed by atoms with E-state index in [0.29, 0.717) is 12.5 Å². The van der Waals surface area contributed by atoms with E-state index in [4.69, 9.17) is 4.74 Å². The molecule has 2 unspecified atom stereocenters.